The van der Waals surface area contributed by atoms with Crippen molar-refractivity contribution in [1.29, 1.82) is 0 Å². The molecule has 0 heterocycles. The lowest BCUT2D eigenvalue weighted by atomic mass is 10.1. The summed E-state index contributed by atoms with van der Waals surface area (Å²) in [6.45, 7) is 4.85. The highest BCUT2D eigenvalue weighted by Crippen LogP contribution is 2.08. The van der Waals surface area contributed by atoms with E-state index >= 15 is 0 Å². The van der Waals surface area contributed by atoms with E-state index in [0.29, 0.717) is 0 Å². The number of rotatable bonds is 3. The number of carboxylic acid groups (broad SMARTS) is 1. The molecule has 0 fully saturated rings. The summed E-state index contributed by atoms with van der Waals surface area (Å²) in [6.07, 6.45) is -1.94. The number of aliphatic carboxylic acids is 1. The maximum absolute atomic E-state index is 11.1. The van der Waals surface area contributed by atoms with Crippen molar-refractivity contribution in [2.24, 2.45) is 5.73 Å². The molecule has 0 bridgehead atoms. The van der Waals surface area contributed by atoms with E-state index in [1.807, 2.05) is 0 Å². The van der Waals surface area contributed by atoms with Crippen LogP contribution in [0.15, 0.2) is 0 Å². The normalized spacial score (nSPS) is 15.8. The summed E-state index contributed by atoms with van der Waals surface area (Å²) in [5, 5.41) is 17.3. The fourth-order valence-electron chi connectivity index (χ4n) is 0.652. The van der Waals surface area contributed by atoms with E-state index in [1.165, 1.54) is 0 Å². The lowest BCUT2D eigenvalue weighted by molar-refractivity contribution is -0.165. The first-order valence-electron chi connectivity index (χ1n) is 4.04. The second-order valence-corrected chi connectivity index (χ2v) is 3.84. The second kappa shape index (κ2) is 4.39. The SMILES string of the molecule is CC(C)(C)OC(=O)C(N)C(O)C(=O)O. The van der Waals surface area contributed by atoms with Gasteiger partial charge in [-0.15, -0.1) is 0 Å². The van der Waals surface area contributed by atoms with Gasteiger partial charge >= 0.3 is 11.9 Å². The van der Waals surface area contributed by atoms with E-state index in [4.69, 9.17) is 20.7 Å². The van der Waals surface area contributed by atoms with Gasteiger partial charge in [-0.3, -0.25) is 4.79 Å². The van der Waals surface area contributed by atoms with Crippen LogP contribution < -0.4 is 5.73 Å². The Bertz CT molecular complexity index is 232. The van der Waals surface area contributed by atoms with Crippen LogP contribution in [0.4, 0.5) is 0 Å². The van der Waals surface area contributed by atoms with Crippen LogP contribution in [0.5, 0.6) is 0 Å². The van der Waals surface area contributed by atoms with E-state index in [0.717, 1.165) is 0 Å². The molecule has 82 valence electrons. The zero-order valence-electron chi connectivity index (χ0n) is 8.35. The van der Waals surface area contributed by atoms with Crippen LogP contribution in [0.3, 0.4) is 0 Å². The maximum Gasteiger partial charge on any atom is 0.334 e. The number of carboxylic acids is 1. The van der Waals surface area contributed by atoms with Gasteiger partial charge in [0.1, 0.15) is 11.6 Å². The molecule has 0 radical (unpaired) electrons. The van der Waals surface area contributed by atoms with Crippen molar-refractivity contribution in [2.45, 2.75) is 38.5 Å². The number of nitrogens with two attached hydrogens (primary N) is 1. The standard InChI is InChI=1S/C8H15NO5/c1-8(2,3)14-7(13)4(9)5(10)6(11)12/h4-5,10H,9H2,1-3H3,(H,11,12). The summed E-state index contributed by atoms with van der Waals surface area (Å²) in [5.41, 5.74) is 4.41. The van der Waals surface area contributed by atoms with E-state index in [2.05, 4.69) is 0 Å². The van der Waals surface area contributed by atoms with Crippen molar-refractivity contribution in [3.63, 3.8) is 0 Å². The average molecular weight is 205 g/mol. The van der Waals surface area contributed by atoms with Gasteiger partial charge in [0.25, 0.3) is 0 Å². The van der Waals surface area contributed by atoms with Gasteiger partial charge in [0.15, 0.2) is 6.10 Å². The van der Waals surface area contributed by atoms with Gasteiger partial charge in [-0.05, 0) is 20.8 Å². The molecule has 2 atom stereocenters. The lowest BCUT2D eigenvalue weighted by Crippen LogP contribution is -2.48. The monoisotopic (exact) mass is 205 g/mol. The molecule has 6 nitrogen and oxygen atoms in total. The third-order valence-corrected chi connectivity index (χ3v) is 1.27. The minimum atomic E-state index is -1.94. The molecule has 0 aliphatic heterocycles. The highest BCUT2D eigenvalue weighted by molar-refractivity contribution is 5.85. The number of aliphatic hydroxyl groups is 1. The van der Waals surface area contributed by atoms with Crippen LogP contribution in [-0.2, 0) is 14.3 Å². The van der Waals surface area contributed by atoms with Crippen molar-refractivity contribution in [2.75, 3.05) is 0 Å². The molecule has 0 amide bonds. The second-order valence-electron chi connectivity index (χ2n) is 3.84. The van der Waals surface area contributed by atoms with Crippen molar-refractivity contribution in [1.82, 2.24) is 0 Å². The first-order valence-corrected chi connectivity index (χ1v) is 4.04. The molecule has 0 saturated carbocycles. The van der Waals surface area contributed by atoms with Crippen LogP contribution in [0, 0.1) is 0 Å². The fraction of sp³-hybridized carbons (Fsp3) is 0.750. The number of aliphatic hydroxyl groups excluding tert-OH is 1. The summed E-state index contributed by atoms with van der Waals surface area (Å²) in [7, 11) is 0. The molecule has 0 aromatic heterocycles. The van der Waals surface area contributed by atoms with Crippen molar-refractivity contribution >= 4 is 11.9 Å². The number of carbonyl (C=O) groups is 2. The Morgan fingerprint density at radius 3 is 2.07 bits per heavy atom. The third-order valence-electron chi connectivity index (χ3n) is 1.27. The van der Waals surface area contributed by atoms with Gasteiger partial charge in [-0.25, -0.2) is 4.79 Å². The maximum atomic E-state index is 11.1. The Morgan fingerprint density at radius 2 is 1.79 bits per heavy atom. The predicted octanol–water partition coefficient (Wildman–Crippen LogP) is -0.899. The largest absolute Gasteiger partial charge is 0.479 e. The van der Waals surface area contributed by atoms with Gasteiger partial charge in [0.05, 0.1) is 0 Å². The molecule has 0 spiro atoms. The minimum Gasteiger partial charge on any atom is -0.479 e. The summed E-state index contributed by atoms with van der Waals surface area (Å²) < 4.78 is 4.78. The molecule has 4 N–H and O–H groups in total. The zero-order chi connectivity index (χ0) is 11.5. The number of carbonyl (C=O) groups excluding carboxylic acids is 1. The van der Waals surface area contributed by atoms with Crippen molar-refractivity contribution in [3.05, 3.63) is 0 Å². The molecule has 0 rings (SSSR count). The molecule has 14 heavy (non-hydrogen) atoms. The van der Waals surface area contributed by atoms with E-state index in [-0.39, 0.29) is 0 Å². The average Bonchev–Trinajstić information content (AvgIpc) is 1.98. The summed E-state index contributed by atoms with van der Waals surface area (Å²) in [5.74, 6) is -2.49. The molecular formula is C8H15NO5. The number of esters is 1. The molecule has 0 aliphatic rings. The number of hydrogen-bond acceptors (Lipinski definition) is 5. The Hall–Kier alpha value is -1.14. The van der Waals surface area contributed by atoms with E-state index in [9.17, 15) is 9.59 Å². The van der Waals surface area contributed by atoms with Gasteiger partial charge in [-0.1, -0.05) is 0 Å². The number of hydrogen-bond donors (Lipinski definition) is 3. The Morgan fingerprint density at radius 1 is 1.36 bits per heavy atom. The van der Waals surface area contributed by atoms with Crippen LogP contribution in [0.25, 0.3) is 0 Å². The molecular weight excluding hydrogens is 190 g/mol. The third kappa shape index (κ3) is 4.20. The van der Waals surface area contributed by atoms with Gasteiger partial charge in [-0.2, -0.15) is 0 Å². The summed E-state index contributed by atoms with van der Waals surface area (Å²) in [6, 6.07) is -1.56. The molecule has 6 heteroatoms. The Labute approximate surface area is 81.7 Å². The molecule has 0 saturated heterocycles. The summed E-state index contributed by atoms with van der Waals surface area (Å²) in [4.78, 5) is 21.4. The highest BCUT2D eigenvalue weighted by Gasteiger charge is 2.32. The fourth-order valence-corrected chi connectivity index (χ4v) is 0.652. The van der Waals surface area contributed by atoms with Crippen molar-refractivity contribution in [3.8, 4) is 0 Å². The molecule has 2 unspecified atom stereocenters. The van der Waals surface area contributed by atoms with Gasteiger partial charge < -0.3 is 20.7 Å². The number of ether oxygens (including phenoxy) is 1. The highest BCUT2D eigenvalue weighted by atomic mass is 16.6. The molecule has 0 aromatic carbocycles. The molecule has 0 aromatic rings. The Balaban J connectivity index is 4.33. The topological polar surface area (TPSA) is 110 Å². The first kappa shape index (κ1) is 12.9. The van der Waals surface area contributed by atoms with Crippen LogP contribution in [-0.4, -0.2) is 39.9 Å². The molecule has 0 aliphatic carbocycles. The Kier molecular flexibility index (Phi) is 4.03. The lowest BCUT2D eigenvalue weighted by Gasteiger charge is -2.23. The van der Waals surface area contributed by atoms with E-state index < -0.39 is 29.7 Å². The van der Waals surface area contributed by atoms with E-state index in [1.54, 1.807) is 20.8 Å². The smallest absolute Gasteiger partial charge is 0.334 e. The van der Waals surface area contributed by atoms with Crippen LogP contribution >= 0.6 is 0 Å². The predicted molar refractivity (Wildman–Crippen MR) is 47.5 cm³/mol. The van der Waals surface area contributed by atoms with Gasteiger partial charge in [0, 0.05) is 0 Å². The summed E-state index contributed by atoms with van der Waals surface area (Å²) >= 11 is 0. The van der Waals surface area contributed by atoms with Gasteiger partial charge in [0.2, 0.25) is 0 Å². The quantitative estimate of drug-likeness (QED) is 0.515. The van der Waals surface area contributed by atoms with Crippen molar-refractivity contribution < 1.29 is 24.5 Å². The first-order chi connectivity index (χ1) is 6.15. The zero-order valence-corrected chi connectivity index (χ0v) is 8.35. The van der Waals surface area contributed by atoms with Crippen LogP contribution in [0.2, 0.25) is 0 Å². The van der Waals surface area contributed by atoms with Crippen LogP contribution in [0.1, 0.15) is 20.8 Å². The minimum absolute atomic E-state index is 0.757.